The Kier molecular flexibility index (Phi) is 14.2. The number of rotatable bonds is 17. The van der Waals surface area contributed by atoms with Crippen LogP contribution in [0.5, 0.6) is 0 Å². The number of hydrogen-bond donors (Lipinski definition) is 3. The number of carbonyl (C=O) groups excluding carboxylic acids is 1. The third-order valence-electron chi connectivity index (χ3n) is 5.07. The molecule has 0 aromatic rings. The van der Waals surface area contributed by atoms with Crippen LogP contribution in [0.1, 0.15) is 105 Å². The summed E-state index contributed by atoms with van der Waals surface area (Å²) in [7, 11) is 0. The van der Waals surface area contributed by atoms with E-state index in [1.807, 2.05) is 6.92 Å². The molecule has 6 heteroatoms. The second kappa shape index (κ2) is 14.8. The quantitative estimate of drug-likeness (QED) is 0.245. The van der Waals surface area contributed by atoms with E-state index in [0.29, 0.717) is 0 Å². The average Bonchev–Trinajstić information content (AvgIpc) is 2.55. The molecule has 28 heavy (non-hydrogen) atoms. The molecule has 0 fully saturated rings. The molecule has 0 rings (SSSR count). The highest BCUT2D eigenvalue weighted by Crippen LogP contribution is 2.36. The van der Waals surface area contributed by atoms with Crippen LogP contribution in [0, 0.1) is 5.41 Å². The summed E-state index contributed by atoms with van der Waals surface area (Å²) in [5.41, 5.74) is -1.41. The maximum absolute atomic E-state index is 12.8. The van der Waals surface area contributed by atoms with Crippen molar-refractivity contribution in [2.45, 2.75) is 123 Å². The minimum Gasteiger partial charge on any atom is -0.481 e. The maximum atomic E-state index is 12.8. The lowest BCUT2D eigenvalue weighted by atomic mass is 9.75. The van der Waals surface area contributed by atoms with Gasteiger partial charge in [0.15, 0.2) is 0 Å². The zero-order valence-corrected chi connectivity index (χ0v) is 18.3. The molecule has 0 amide bonds. The molecule has 0 aromatic heterocycles. The van der Waals surface area contributed by atoms with Gasteiger partial charge in [-0.15, -0.1) is 0 Å². The summed E-state index contributed by atoms with van der Waals surface area (Å²) in [4.78, 5) is 24.1. The lowest BCUT2D eigenvalue weighted by Gasteiger charge is -2.33. The van der Waals surface area contributed by atoms with Gasteiger partial charge in [0.1, 0.15) is 0 Å². The lowest BCUT2D eigenvalue weighted by Crippen LogP contribution is -2.41. The van der Waals surface area contributed by atoms with E-state index in [0.717, 1.165) is 19.3 Å². The van der Waals surface area contributed by atoms with Crippen LogP contribution in [0.15, 0.2) is 0 Å². The molecule has 0 saturated carbocycles. The van der Waals surface area contributed by atoms with E-state index in [-0.39, 0.29) is 18.9 Å². The standard InChI is InChI=1S/C22H42O6/c1-5-6-7-8-9-10-11-12-13-19(4)28-21(27)22(14-17(2)23,15-18(3)24)16-20(25)26/h17-19,23-24H,5-16H2,1-4H3,(H,25,26). The van der Waals surface area contributed by atoms with E-state index in [1.165, 1.54) is 52.4 Å². The summed E-state index contributed by atoms with van der Waals surface area (Å²) in [5, 5.41) is 28.8. The summed E-state index contributed by atoms with van der Waals surface area (Å²) < 4.78 is 5.55. The molecule has 0 aromatic carbocycles. The third-order valence-corrected chi connectivity index (χ3v) is 5.07. The Balaban J connectivity index is 4.59. The first-order valence-corrected chi connectivity index (χ1v) is 10.9. The Morgan fingerprint density at radius 3 is 1.75 bits per heavy atom. The molecule has 0 aliphatic carbocycles. The molecule has 0 radical (unpaired) electrons. The first-order valence-electron chi connectivity index (χ1n) is 10.9. The fraction of sp³-hybridized carbons (Fsp3) is 0.909. The Bertz CT molecular complexity index is 423. The van der Waals surface area contributed by atoms with Gasteiger partial charge < -0.3 is 20.1 Å². The molecule has 0 aliphatic heterocycles. The molecule has 0 saturated heterocycles. The van der Waals surface area contributed by atoms with Crippen LogP contribution in [0.25, 0.3) is 0 Å². The topological polar surface area (TPSA) is 104 Å². The van der Waals surface area contributed by atoms with Crippen molar-refractivity contribution in [2.24, 2.45) is 5.41 Å². The normalized spacial score (nSPS) is 16.8. The summed E-state index contributed by atoms with van der Waals surface area (Å²) in [5.74, 6) is -1.78. The van der Waals surface area contributed by atoms with Gasteiger partial charge in [0.2, 0.25) is 0 Å². The number of carboxylic acids is 1. The number of ether oxygens (including phenoxy) is 1. The van der Waals surface area contributed by atoms with E-state index < -0.39 is 36.0 Å². The van der Waals surface area contributed by atoms with Crippen LogP contribution >= 0.6 is 0 Å². The van der Waals surface area contributed by atoms with Gasteiger partial charge in [-0.25, -0.2) is 0 Å². The van der Waals surface area contributed by atoms with Crippen LogP contribution in [0.4, 0.5) is 0 Å². The first kappa shape index (κ1) is 26.9. The summed E-state index contributed by atoms with van der Waals surface area (Å²) in [6.07, 6.45) is 7.69. The highest BCUT2D eigenvalue weighted by atomic mass is 16.5. The molecule has 3 unspecified atom stereocenters. The van der Waals surface area contributed by atoms with Crippen LogP contribution in [-0.2, 0) is 14.3 Å². The highest BCUT2D eigenvalue weighted by molar-refractivity contribution is 5.83. The van der Waals surface area contributed by atoms with Crippen molar-refractivity contribution >= 4 is 11.9 Å². The molecule has 0 bridgehead atoms. The Morgan fingerprint density at radius 2 is 1.32 bits per heavy atom. The molecular weight excluding hydrogens is 360 g/mol. The molecule has 0 aliphatic rings. The van der Waals surface area contributed by atoms with Gasteiger partial charge in [0.05, 0.1) is 30.1 Å². The van der Waals surface area contributed by atoms with Gasteiger partial charge in [-0.1, -0.05) is 51.9 Å². The largest absolute Gasteiger partial charge is 0.481 e. The summed E-state index contributed by atoms with van der Waals surface area (Å²) in [6, 6.07) is 0. The predicted molar refractivity (Wildman–Crippen MR) is 110 cm³/mol. The van der Waals surface area contributed by atoms with Crippen molar-refractivity contribution in [1.29, 1.82) is 0 Å². The van der Waals surface area contributed by atoms with Gasteiger partial charge in [0.25, 0.3) is 0 Å². The van der Waals surface area contributed by atoms with E-state index >= 15 is 0 Å². The van der Waals surface area contributed by atoms with E-state index in [4.69, 9.17) is 4.74 Å². The van der Waals surface area contributed by atoms with Gasteiger partial charge in [-0.3, -0.25) is 9.59 Å². The van der Waals surface area contributed by atoms with Crippen molar-refractivity contribution in [3.8, 4) is 0 Å². The second-order valence-corrected chi connectivity index (χ2v) is 8.44. The summed E-state index contributed by atoms with van der Waals surface area (Å²) >= 11 is 0. The monoisotopic (exact) mass is 402 g/mol. The number of unbranched alkanes of at least 4 members (excludes halogenated alkanes) is 7. The van der Waals surface area contributed by atoms with Crippen LogP contribution in [-0.4, -0.2) is 45.6 Å². The Hall–Kier alpha value is -1.14. The zero-order chi connectivity index (χ0) is 21.6. The van der Waals surface area contributed by atoms with Crippen LogP contribution in [0.3, 0.4) is 0 Å². The minimum absolute atomic E-state index is 0.0481. The fourth-order valence-corrected chi connectivity index (χ4v) is 3.82. The van der Waals surface area contributed by atoms with Gasteiger partial charge in [-0.05, 0) is 46.5 Å². The molecule has 3 atom stereocenters. The van der Waals surface area contributed by atoms with Crippen molar-refractivity contribution in [1.82, 2.24) is 0 Å². The zero-order valence-electron chi connectivity index (χ0n) is 18.3. The number of esters is 1. The van der Waals surface area contributed by atoms with Crippen molar-refractivity contribution in [2.75, 3.05) is 0 Å². The minimum atomic E-state index is -1.41. The number of carboxylic acid groups (broad SMARTS) is 1. The van der Waals surface area contributed by atoms with Crippen LogP contribution < -0.4 is 0 Å². The molecule has 6 nitrogen and oxygen atoms in total. The fourth-order valence-electron chi connectivity index (χ4n) is 3.82. The molecule has 166 valence electrons. The third kappa shape index (κ3) is 12.3. The first-order chi connectivity index (χ1) is 13.1. The number of hydrogen-bond acceptors (Lipinski definition) is 5. The smallest absolute Gasteiger partial charge is 0.313 e. The van der Waals surface area contributed by atoms with Crippen molar-refractivity contribution in [3.05, 3.63) is 0 Å². The van der Waals surface area contributed by atoms with Gasteiger partial charge in [0, 0.05) is 0 Å². The number of aliphatic hydroxyl groups is 2. The van der Waals surface area contributed by atoms with E-state index in [2.05, 4.69) is 6.92 Å². The highest BCUT2D eigenvalue weighted by Gasteiger charge is 2.44. The molecule has 0 spiro atoms. The Labute approximate surface area is 170 Å². The van der Waals surface area contributed by atoms with Gasteiger partial charge >= 0.3 is 11.9 Å². The molecule has 0 heterocycles. The maximum Gasteiger partial charge on any atom is 0.313 e. The average molecular weight is 403 g/mol. The van der Waals surface area contributed by atoms with Crippen LogP contribution in [0.2, 0.25) is 0 Å². The van der Waals surface area contributed by atoms with Crippen molar-refractivity contribution in [3.63, 3.8) is 0 Å². The summed E-state index contributed by atoms with van der Waals surface area (Å²) in [6.45, 7) is 7.04. The number of aliphatic hydroxyl groups excluding tert-OH is 2. The van der Waals surface area contributed by atoms with E-state index in [9.17, 15) is 24.9 Å². The predicted octanol–water partition coefficient (Wildman–Crippen LogP) is 4.45. The van der Waals surface area contributed by atoms with Crippen molar-refractivity contribution < 1.29 is 29.6 Å². The molecular formula is C22H42O6. The number of aliphatic carboxylic acids is 1. The van der Waals surface area contributed by atoms with E-state index in [1.54, 1.807) is 0 Å². The second-order valence-electron chi connectivity index (χ2n) is 8.44. The number of carbonyl (C=O) groups is 2. The van der Waals surface area contributed by atoms with Gasteiger partial charge in [-0.2, -0.15) is 0 Å². The SMILES string of the molecule is CCCCCCCCCCC(C)OC(=O)C(CC(=O)O)(CC(C)O)CC(C)O. The lowest BCUT2D eigenvalue weighted by molar-refractivity contribution is -0.170. The Morgan fingerprint density at radius 1 is 0.857 bits per heavy atom. The molecule has 3 N–H and O–H groups in total.